The second-order valence-electron chi connectivity index (χ2n) is 8.87. The van der Waals surface area contributed by atoms with Crippen LogP contribution in [0.4, 0.5) is 20.2 Å². The highest BCUT2D eigenvalue weighted by Gasteiger charge is 2.51. The third-order valence-corrected chi connectivity index (χ3v) is 7.00. The predicted octanol–water partition coefficient (Wildman–Crippen LogP) is -1.29. The van der Waals surface area contributed by atoms with Crippen LogP contribution in [0.5, 0.6) is 0 Å². The van der Waals surface area contributed by atoms with Crippen LogP contribution in [0.1, 0.15) is 12.8 Å². The molecule has 3 heterocycles. The number of quaternary nitrogens is 2. The Balaban J connectivity index is 1.25. The second kappa shape index (κ2) is 8.69. The van der Waals surface area contributed by atoms with Gasteiger partial charge in [0.15, 0.2) is 12.1 Å². The quantitative estimate of drug-likeness (QED) is 0.545. The summed E-state index contributed by atoms with van der Waals surface area (Å²) in [5.41, 5.74) is -0.0704. The lowest BCUT2D eigenvalue weighted by molar-refractivity contribution is -1.02. The lowest BCUT2D eigenvalue weighted by Crippen LogP contribution is -3.31. The Hall–Kier alpha value is -3.50. The summed E-state index contributed by atoms with van der Waals surface area (Å²) < 4.78 is 28.4. The Morgan fingerprint density at radius 1 is 0.618 bits per heavy atom. The molecule has 0 aromatic heterocycles. The Labute approximate surface area is 194 Å². The van der Waals surface area contributed by atoms with E-state index in [-0.39, 0.29) is 24.2 Å². The largest absolute Gasteiger partial charge is 0.315 e. The van der Waals surface area contributed by atoms with Gasteiger partial charge >= 0.3 is 0 Å². The zero-order valence-electron chi connectivity index (χ0n) is 18.3. The number of halogens is 2. The second-order valence-corrected chi connectivity index (χ2v) is 8.87. The maximum Gasteiger partial charge on any atom is 0.292 e. The van der Waals surface area contributed by atoms with Crippen molar-refractivity contribution in [3.05, 3.63) is 60.2 Å². The molecule has 176 valence electrons. The molecule has 10 heteroatoms. The number of nitrogens with one attached hydrogen (secondary N) is 2. The number of carbonyl (C=O) groups is 4. The van der Waals surface area contributed by atoms with Gasteiger partial charge in [0.25, 0.3) is 11.8 Å². The lowest BCUT2D eigenvalue weighted by atomic mass is 10.1. The van der Waals surface area contributed by atoms with Gasteiger partial charge in [0.1, 0.15) is 37.8 Å². The molecule has 3 aliphatic rings. The van der Waals surface area contributed by atoms with Crippen LogP contribution in [-0.4, -0.2) is 61.9 Å². The monoisotopic (exact) mass is 470 g/mol. The predicted molar refractivity (Wildman–Crippen MR) is 116 cm³/mol. The molecule has 3 saturated heterocycles. The number of amides is 4. The third kappa shape index (κ3) is 3.68. The zero-order valence-corrected chi connectivity index (χ0v) is 18.3. The molecule has 8 nitrogen and oxygen atoms in total. The average Bonchev–Trinajstić information content (AvgIpc) is 3.29. The van der Waals surface area contributed by atoms with Gasteiger partial charge in [0, 0.05) is 0 Å². The Morgan fingerprint density at radius 2 is 0.971 bits per heavy atom. The van der Waals surface area contributed by atoms with Gasteiger partial charge in [-0.15, -0.1) is 0 Å². The van der Waals surface area contributed by atoms with Crippen LogP contribution >= 0.6 is 0 Å². The topological polar surface area (TPSA) is 83.6 Å². The Bertz CT molecular complexity index is 1090. The normalized spacial score (nSPS) is 27.7. The highest BCUT2D eigenvalue weighted by atomic mass is 19.1. The molecule has 3 aliphatic heterocycles. The SMILES string of the molecule is O=C1C[C@@H]([NH+]2CC[NH+]([C@H]3CC(=O)N(c4ccccc4F)C3=O)CC2)C(=O)N1c1ccccc1F. The fourth-order valence-corrected chi connectivity index (χ4v) is 5.26. The summed E-state index contributed by atoms with van der Waals surface area (Å²) >= 11 is 0. The fourth-order valence-electron chi connectivity index (χ4n) is 5.26. The molecule has 2 N–H and O–H groups in total. The van der Waals surface area contributed by atoms with E-state index in [1.165, 1.54) is 36.4 Å². The number of para-hydroxylation sites is 2. The highest BCUT2D eigenvalue weighted by Crippen LogP contribution is 2.26. The number of hydrogen-bond donors (Lipinski definition) is 2. The van der Waals surface area contributed by atoms with Gasteiger partial charge in [-0.2, -0.15) is 0 Å². The molecule has 2 aromatic carbocycles. The van der Waals surface area contributed by atoms with Crippen LogP contribution in [0.3, 0.4) is 0 Å². The summed E-state index contributed by atoms with van der Waals surface area (Å²) in [6.45, 7) is 2.06. The fraction of sp³-hybridized carbons (Fsp3) is 0.333. The molecular weight excluding hydrogens is 446 g/mol. The maximum atomic E-state index is 14.2. The van der Waals surface area contributed by atoms with Gasteiger partial charge in [-0.05, 0) is 24.3 Å². The number of carbonyl (C=O) groups excluding carboxylic acids is 4. The van der Waals surface area contributed by atoms with Gasteiger partial charge in [0.05, 0.1) is 24.2 Å². The number of rotatable bonds is 4. The van der Waals surface area contributed by atoms with E-state index in [9.17, 15) is 28.0 Å². The zero-order chi connectivity index (χ0) is 24.0. The summed E-state index contributed by atoms with van der Waals surface area (Å²) in [7, 11) is 0. The van der Waals surface area contributed by atoms with E-state index in [1.54, 1.807) is 12.1 Å². The molecule has 2 aromatic rings. The summed E-state index contributed by atoms with van der Waals surface area (Å²) in [6, 6.07) is 10.2. The van der Waals surface area contributed by atoms with Crippen LogP contribution in [0.25, 0.3) is 0 Å². The molecule has 4 amide bonds. The number of nitrogens with zero attached hydrogens (tertiary/aromatic N) is 2. The smallest absolute Gasteiger partial charge is 0.292 e. The summed E-state index contributed by atoms with van der Waals surface area (Å²) in [5, 5.41) is 0. The number of hydrogen-bond acceptors (Lipinski definition) is 4. The van der Waals surface area contributed by atoms with E-state index in [2.05, 4.69) is 0 Å². The van der Waals surface area contributed by atoms with Gasteiger partial charge < -0.3 is 9.80 Å². The van der Waals surface area contributed by atoms with Crippen molar-refractivity contribution in [3.8, 4) is 0 Å². The van der Waals surface area contributed by atoms with E-state index >= 15 is 0 Å². The first kappa shape index (κ1) is 22.3. The van der Waals surface area contributed by atoms with Gasteiger partial charge in [-0.3, -0.25) is 19.2 Å². The summed E-state index contributed by atoms with van der Waals surface area (Å²) in [6.07, 6.45) is -0.000514. The molecule has 2 atom stereocenters. The lowest BCUT2D eigenvalue weighted by Gasteiger charge is -2.34. The standard InChI is InChI=1S/C24H22F2N4O4/c25-15-5-1-3-7-17(15)29-21(31)13-19(23(29)33)27-9-11-28(12-10-27)20-14-22(32)30(24(20)34)18-8-4-2-6-16(18)26/h1-8,19-20H,9-14H2/p+2/t19-,20+. The number of piperazine rings is 1. The van der Waals surface area contributed by atoms with Crippen molar-refractivity contribution in [1.29, 1.82) is 0 Å². The van der Waals surface area contributed by atoms with Crippen LogP contribution in [-0.2, 0) is 19.2 Å². The van der Waals surface area contributed by atoms with Crippen LogP contribution in [0, 0.1) is 11.6 Å². The number of imide groups is 2. The van der Waals surface area contributed by atoms with Crippen LogP contribution in [0.2, 0.25) is 0 Å². The molecule has 0 bridgehead atoms. The highest BCUT2D eigenvalue weighted by molar-refractivity contribution is 6.22. The van der Waals surface area contributed by atoms with Crippen molar-refractivity contribution >= 4 is 35.0 Å². The number of benzene rings is 2. The Kier molecular flexibility index (Phi) is 5.70. The van der Waals surface area contributed by atoms with Gasteiger partial charge in [0.2, 0.25) is 11.8 Å². The first-order valence-corrected chi connectivity index (χ1v) is 11.3. The molecular formula is C24H24F2N4O4+2. The van der Waals surface area contributed by atoms with Crippen molar-refractivity contribution in [2.24, 2.45) is 0 Å². The van der Waals surface area contributed by atoms with Gasteiger partial charge in [-0.1, -0.05) is 24.3 Å². The molecule has 3 fully saturated rings. The minimum absolute atomic E-state index is 0.000257. The van der Waals surface area contributed by atoms with Crippen molar-refractivity contribution in [2.75, 3.05) is 36.0 Å². The van der Waals surface area contributed by atoms with Crippen molar-refractivity contribution in [3.63, 3.8) is 0 Å². The number of anilines is 2. The molecule has 5 rings (SSSR count). The van der Waals surface area contributed by atoms with E-state index in [0.29, 0.717) is 26.2 Å². The molecule has 34 heavy (non-hydrogen) atoms. The molecule has 0 aliphatic carbocycles. The summed E-state index contributed by atoms with van der Waals surface area (Å²) in [4.78, 5) is 54.8. The van der Waals surface area contributed by atoms with Crippen molar-refractivity contribution < 1.29 is 37.8 Å². The first-order chi connectivity index (χ1) is 16.4. The minimum atomic E-state index is -0.627. The molecule has 0 saturated carbocycles. The molecule has 0 unspecified atom stereocenters. The van der Waals surface area contributed by atoms with Crippen molar-refractivity contribution in [1.82, 2.24) is 0 Å². The van der Waals surface area contributed by atoms with E-state index < -0.39 is 47.3 Å². The van der Waals surface area contributed by atoms with E-state index in [4.69, 9.17) is 0 Å². The third-order valence-electron chi connectivity index (χ3n) is 7.00. The molecule has 0 spiro atoms. The van der Waals surface area contributed by atoms with Crippen molar-refractivity contribution in [2.45, 2.75) is 24.9 Å². The van der Waals surface area contributed by atoms with Crippen LogP contribution < -0.4 is 19.6 Å². The molecule has 0 radical (unpaired) electrons. The Morgan fingerprint density at radius 3 is 1.32 bits per heavy atom. The first-order valence-electron chi connectivity index (χ1n) is 11.3. The average molecular weight is 470 g/mol. The summed E-state index contributed by atoms with van der Waals surface area (Å²) in [5.74, 6) is -2.97. The van der Waals surface area contributed by atoms with Crippen LogP contribution in [0.15, 0.2) is 48.5 Å². The minimum Gasteiger partial charge on any atom is -0.315 e. The van der Waals surface area contributed by atoms with Gasteiger partial charge in [-0.25, -0.2) is 18.6 Å². The maximum absolute atomic E-state index is 14.2. The van der Waals surface area contributed by atoms with E-state index in [1.807, 2.05) is 0 Å². The van der Waals surface area contributed by atoms with E-state index in [0.717, 1.165) is 19.6 Å².